The van der Waals surface area contributed by atoms with Gasteiger partial charge in [0.25, 0.3) is 11.5 Å². The number of thiophene rings is 1. The molecule has 0 aliphatic rings. The molecule has 0 radical (unpaired) electrons. The van der Waals surface area contributed by atoms with Crippen LogP contribution in [0.5, 0.6) is 5.75 Å². The second-order valence-corrected chi connectivity index (χ2v) is 8.32. The van der Waals surface area contributed by atoms with Crippen LogP contribution in [0.25, 0.3) is 32.6 Å². The zero-order valence-corrected chi connectivity index (χ0v) is 18.4. The predicted molar refractivity (Wildman–Crippen MR) is 127 cm³/mol. The molecule has 2 N–H and O–H groups in total. The van der Waals surface area contributed by atoms with E-state index in [0.717, 1.165) is 11.3 Å². The van der Waals surface area contributed by atoms with Gasteiger partial charge >= 0.3 is 5.63 Å². The minimum absolute atomic E-state index is 0.0907. The van der Waals surface area contributed by atoms with Crippen LogP contribution in [-0.4, -0.2) is 23.0 Å². The molecule has 9 heteroatoms. The highest BCUT2D eigenvalue weighted by molar-refractivity contribution is 7.20. The number of carbonyl (C=O) groups is 1. The van der Waals surface area contributed by atoms with E-state index < -0.39 is 11.2 Å². The van der Waals surface area contributed by atoms with Crippen molar-refractivity contribution in [1.29, 1.82) is 0 Å². The van der Waals surface area contributed by atoms with Crippen molar-refractivity contribution < 1.29 is 13.9 Å². The van der Waals surface area contributed by atoms with Crippen molar-refractivity contribution in [3.8, 4) is 17.1 Å². The van der Waals surface area contributed by atoms with E-state index in [4.69, 9.17) is 9.15 Å². The van der Waals surface area contributed by atoms with Crippen molar-refractivity contribution >= 4 is 44.1 Å². The topological polar surface area (TPSA) is 114 Å². The number of methoxy groups -OCH3 is 1. The number of ether oxygens (including phenoxy) is 1. The number of hydrogen-bond acceptors (Lipinski definition) is 7. The fourth-order valence-electron chi connectivity index (χ4n) is 3.60. The Morgan fingerprint density at radius 3 is 2.76 bits per heavy atom. The van der Waals surface area contributed by atoms with Crippen molar-refractivity contribution in [2.24, 2.45) is 0 Å². The zero-order chi connectivity index (χ0) is 23.1. The lowest BCUT2D eigenvalue weighted by Gasteiger charge is -2.06. The molecule has 0 aliphatic heterocycles. The van der Waals surface area contributed by atoms with Gasteiger partial charge in [0.1, 0.15) is 27.6 Å². The number of rotatable bonds is 4. The number of aromatic amines is 1. The maximum atomic E-state index is 12.9. The Morgan fingerprint density at radius 1 is 1.12 bits per heavy atom. The summed E-state index contributed by atoms with van der Waals surface area (Å²) in [6.07, 6.45) is 0. The molecule has 0 atom stereocenters. The normalized spacial score (nSPS) is 11.1. The molecule has 3 aromatic heterocycles. The van der Waals surface area contributed by atoms with Gasteiger partial charge in [-0.1, -0.05) is 24.3 Å². The van der Waals surface area contributed by atoms with Crippen LogP contribution < -0.4 is 21.2 Å². The van der Waals surface area contributed by atoms with Crippen LogP contribution in [0.4, 0.5) is 5.69 Å². The number of amides is 1. The highest BCUT2D eigenvalue weighted by Crippen LogP contribution is 2.29. The van der Waals surface area contributed by atoms with Gasteiger partial charge in [0.15, 0.2) is 0 Å². The van der Waals surface area contributed by atoms with E-state index >= 15 is 0 Å². The summed E-state index contributed by atoms with van der Waals surface area (Å²) in [5, 5.41) is 3.83. The Hall–Kier alpha value is -4.24. The highest BCUT2D eigenvalue weighted by Gasteiger charge is 2.21. The van der Waals surface area contributed by atoms with Crippen LogP contribution in [0.3, 0.4) is 0 Å². The van der Waals surface area contributed by atoms with Gasteiger partial charge in [0.05, 0.1) is 17.4 Å². The number of carbonyl (C=O) groups excluding carboxylic acids is 1. The third-order valence-electron chi connectivity index (χ3n) is 5.23. The molecule has 5 rings (SSSR count). The molecule has 0 fully saturated rings. The molecule has 8 nitrogen and oxygen atoms in total. The third-order valence-corrected chi connectivity index (χ3v) is 6.42. The first-order valence-electron chi connectivity index (χ1n) is 9.96. The van der Waals surface area contributed by atoms with Crippen LogP contribution in [0.1, 0.15) is 15.2 Å². The second-order valence-electron chi connectivity index (χ2n) is 7.32. The van der Waals surface area contributed by atoms with E-state index in [2.05, 4.69) is 15.3 Å². The third kappa shape index (κ3) is 3.68. The molecule has 0 spiro atoms. The summed E-state index contributed by atoms with van der Waals surface area (Å²) in [4.78, 5) is 46.2. The number of nitrogens with zero attached hydrogens (tertiary/aromatic N) is 1. The average Bonchev–Trinajstić information content (AvgIpc) is 3.15. The summed E-state index contributed by atoms with van der Waals surface area (Å²) in [7, 11) is 1.54. The summed E-state index contributed by atoms with van der Waals surface area (Å²) < 4.78 is 10.5. The summed E-state index contributed by atoms with van der Waals surface area (Å²) in [5.74, 6) is 0.334. The quantitative estimate of drug-likeness (QED) is 0.387. The van der Waals surface area contributed by atoms with Crippen molar-refractivity contribution in [3.63, 3.8) is 0 Å². The maximum Gasteiger partial charge on any atom is 0.347 e. The molecule has 0 bridgehead atoms. The van der Waals surface area contributed by atoms with Crippen LogP contribution >= 0.6 is 11.3 Å². The molecular weight excluding hydrogens is 442 g/mol. The molecule has 1 amide bonds. The molecule has 0 saturated carbocycles. The molecule has 2 aromatic carbocycles. The molecular formula is C24H17N3O5S. The maximum absolute atomic E-state index is 12.9. The van der Waals surface area contributed by atoms with Crippen LogP contribution in [0, 0.1) is 6.92 Å². The molecule has 33 heavy (non-hydrogen) atoms. The predicted octanol–water partition coefficient (Wildman–Crippen LogP) is 4.33. The SMILES string of the molecule is COc1cccc(NC(=O)c2sc3nc(-c4cc5ccccc5oc4=O)[nH]c(=O)c3c2C)c1. The Labute approximate surface area is 190 Å². The van der Waals surface area contributed by atoms with Gasteiger partial charge in [-0.15, -0.1) is 11.3 Å². The number of nitrogens with one attached hydrogen (secondary N) is 2. The number of benzene rings is 2. The number of anilines is 1. The number of aryl methyl sites for hydroxylation is 1. The summed E-state index contributed by atoms with van der Waals surface area (Å²) in [6, 6.07) is 15.7. The number of hydrogen-bond donors (Lipinski definition) is 2. The smallest absolute Gasteiger partial charge is 0.347 e. The van der Waals surface area contributed by atoms with E-state index in [1.165, 1.54) is 0 Å². The Kier molecular flexibility index (Phi) is 5.02. The molecule has 164 valence electrons. The monoisotopic (exact) mass is 459 g/mol. The zero-order valence-electron chi connectivity index (χ0n) is 17.6. The summed E-state index contributed by atoms with van der Waals surface area (Å²) in [5.41, 5.74) is 0.616. The minimum atomic E-state index is -0.611. The van der Waals surface area contributed by atoms with Crippen molar-refractivity contribution in [2.45, 2.75) is 6.92 Å². The van der Waals surface area contributed by atoms with E-state index in [1.807, 2.05) is 6.07 Å². The number of para-hydroxylation sites is 1. The Balaban J connectivity index is 1.58. The van der Waals surface area contributed by atoms with E-state index in [1.54, 1.807) is 62.6 Å². The van der Waals surface area contributed by atoms with Gasteiger partial charge in [-0.3, -0.25) is 9.59 Å². The van der Waals surface area contributed by atoms with Gasteiger partial charge in [-0.25, -0.2) is 9.78 Å². The van der Waals surface area contributed by atoms with Crippen LogP contribution in [0.2, 0.25) is 0 Å². The minimum Gasteiger partial charge on any atom is -0.497 e. The van der Waals surface area contributed by atoms with Crippen LogP contribution in [0.15, 0.2) is 68.6 Å². The van der Waals surface area contributed by atoms with E-state index in [9.17, 15) is 14.4 Å². The van der Waals surface area contributed by atoms with Crippen LogP contribution in [-0.2, 0) is 0 Å². The fraction of sp³-hybridized carbons (Fsp3) is 0.0833. The lowest BCUT2D eigenvalue weighted by molar-refractivity contribution is 0.103. The Morgan fingerprint density at radius 2 is 1.94 bits per heavy atom. The van der Waals surface area contributed by atoms with Crippen molar-refractivity contribution in [2.75, 3.05) is 12.4 Å². The van der Waals surface area contributed by atoms with Gasteiger partial charge in [-0.2, -0.15) is 0 Å². The Bertz CT molecular complexity index is 1660. The van der Waals surface area contributed by atoms with E-state index in [0.29, 0.717) is 43.1 Å². The van der Waals surface area contributed by atoms with Gasteiger partial charge in [-0.05, 0) is 36.8 Å². The highest BCUT2D eigenvalue weighted by atomic mass is 32.1. The first kappa shape index (κ1) is 20.7. The molecule has 0 unspecified atom stereocenters. The van der Waals surface area contributed by atoms with Gasteiger partial charge < -0.3 is 19.5 Å². The number of fused-ring (bicyclic) bond motifs is 2. The van der Waals surface area contributed by atoms with Crippen molar-refractivity contribution in [1.82, 2.24) is 9.97 Å². The molecule has 5 aromatic rings. The second kappa shape index (κ2) is 8.03. The number of H-pyrrole nitrogens is 1. The largest absolute Gasteiger partial charge is 0.497 e. The lowest BCUT2D eigenvalue weighted by atomic mass is 10.1. The molecule has 0 saturated heterocycles. The average molecular weight is 459 g/mol. The van der Waals surface area contributed by atoms with E-state index in [-0.39, 0.29) is 17.3 Å². The molecule has 3 heterocycles. The summed E-state index contributed by atoms with van der Waals surface area (Å²) >= 11 is 1.09. The summed E-state index contributed by atoms with van der Waals surface area (Å²) in [6.45, 7) is 1.69. The fourth-order valence-corrected chi connectivity index (χ4v) is 4.68. The number of aromatic nitrogens is 2. The standard InChI is InChI=1S/C24H17N3O5S/c1-12-18-21(28)26-20(16-10-13-6-3-4-9-17(13)32-24(16)30)27-23(18)33-19(12)22(29)25-14-7-5-8-15(11-14)31-2/h3-11H,1-2H3,(H,25,29)(H,26,27,28). The van der Waals surface area contributed by atoms with Crippen molar-refractivity contribution in [3.05, 3.63) is 85.8 Å². The first-order chi connectivity index (χ1) is 15.9. The van der Waals surface area contributed by atoms with Gasteiger partial charge in [0.2, 0.25) is 0 Å². The lowest BCUT2D eigenvalue weighted by Crippen LogP contribution is -2.14. The van der Waals surface area contributed by atoms with Gasteiger partial charge in [0, 0.05) is 17.1 Å². The first-order valence-corrected chi connectivity index (χ1v) is 10.8. The molecule has 0 aliphatic carbocycles.